The zero-order valence-electron chi connectivity index (χ0n) is 13.3. The molecule has 1 aliphatic rings. The maximum atomic E-state index is 14.3. The Morgan fingerprint density at radius 1 is 1.27 bits per heavy atom. The lowest BCUT2D eigenvalue weighted by Gasteiger charge is -2.36. The van der Waals surface area contributed by atoms with Crippen molar-refractivity contribution < 1.29 is 27.9 Å². The van der Waals surface area contributed by atoms with Crippen molar-refractivity contribution in [1.29, 1.82) is 0 Å². The van der Waals surface area contributed by atoms with Gasteiger partial charge >= 0.3 is 5.97 Å². The molecule has 0 bridgehead atoms. The molecule has 9 heteroatoms. The van der Waals surface area contributed by atoms with Crippen molar-refractivity contribution in [3.8, 4) is 0 Å². The predicted octanol–water partition coefficient (Wildman–Crippen LogP) is 4.03. The monoisotopic (exact) mass is 384 g/mol. The van der Waals surface area contributed by atoms with Crippen LogP contribution >= 0.6 is 11.6 Å². The molecule has 1 aromatic heterocycles. The average Bonchev–Trinajstić information content (AvgIpc) is 2.56. The van der Waals surface area contributed by atoms with E-state index in [0.29, 0.717) is 11.0 Å². The summed E-state index contributed by atoms with van der Waals surface area (Å²) >= 11 is 5.71. The van der Waals surface area contributed by atoms with Gasteiger partial charge in [-0.15, -0.1) is 0 Å². The van der Waals surface area contributed by atoms with Crippen molar-refractivity contribution in [3.05, 3.63) is 52.4 Å². The molecule has 2 unspecified atom stereocenters. The van der Waals surface area contributed by atoms with Gasteiger partial charge in [0.15, 0.2) is 11.0 Å². The Balaban J connectivity index is 2.31. The van der Waals surface area contributed by atoms with Crippen LogP contribution in [-0.2, 0) is 9.59 Å². The number of fused-ring (bicyclic) bond motifs is 1. The van der Waals surface area contributed by atoms with E-state index in [2.05, 4.69) is 4.98 Å². The number of rotatable bonds is 3. The van der Waals surface area contributed by atoms with E-state index in [1.807, 2.05) is 0 Å². The van der Waals surface area contributed by atoms with E-state index >= 15 is 0 Å². The maximum Gasteiger partial charge on any atom is 0.316 e. The highest BCUT2D eigenvalue weighted by Gasteiger charge is 2.46. The number of nitrogens with zero attached hydrogens (tertiary/aromatic N) is 2. The van der Waals surface area contributed by atoms with Crippen LogP contribution in [0.4, 0.5) is 24.7 Å². The van der Waals surface area contributed by atoms with Crippen LogP contribution < -0.4 is 4.90 Å². The van der Waals surface area contributed by atoms with E-state index in [1.165, 1.54) is 0 Å². The fraction of sp³-hybridized carbons (Fsp3) is 0.235. The van der Waals surface area contributed by atoms with E-state index in [4.69, 9.17) is 11.6 Å². The number of hydrogen-bond acceptors (Lipinski definition) is 3. The van der Waals surface area contributed by atoms with Crippen molar-refractivity contribution >= 4 is 35.0 Å². The van der Waals surface area contributed by atoms with Gasteiger partial charge in [-0.25, -0.2) is 18.2 Å². The summed E-state index contributed by atoms with van der Waals surface area (Å²) in [4.78, 5) is 29.0. The van der Waals surface area contributed by atoms with Crippen molar-refractivity contribution in [3.63, 3.8) is 0 Å². The Bertz CT molecular complexity index is 922. The van der Waals surface area contributed by atoms with Crippen LogP contribution in [0.3, 0.4) is 0 Å². The summed E-state index contributed by atoms with van der Waals surface area (Å²) < 4.78 is 41.4. The molecule has 1 N–H and O–H groups in total. The third kappa shape index (κ3) is 2.80. The Morgan fingerprint density at radius 3 is 2.54 bits per heavy atom. The predicted molar refractivity (Wildman–Crippen MR) is 86.9 cm³/mol. The molecule has 1 aliphatic heterocycles. The van der Waals surface area contributed by atoms with Gasteiger partial charge in [-0.1, -0.05) is 18.5 Å². The third-order valence-corrected chi connectivity index (χ3v) is 4.56. The molecule has 0 spiro atoms. The number of halogens is 4. The van der Waals surface area contributed by atoms with Gasteiger partial charge in [0.25, 0.3) is 0 Å². The van der Waals surface area contributed by atoms with Crippen LogP contribution in [0.1, 0.15) is 24.8 Å². The highest BCUT2D eigenvalue weighted by Crippen LogP contribution is 2.45. The molecule has 0 aliphatic carbocycles. The number of anilines is 2. The third-order valence-electron chi connectivity index (χ3n) is 4.30. The largest absolute Gasteiger partial charge is 0.481 e. The summed E-state index contributed by atoms with van der Waals surface area (Å²) in [6, 6.07) is 3.44. The minimum absolute atomic E-state index is 0.116. The number of carboxylic acid groups (broad SMARTS) is 1. The summed E-state index contributed by atoms with van der Waals surface area (Å²) in [6.45, 7) is 1.64. The molecule has 0 saturated carbocycles. The molecule has 2 aromatic rings. The number of hydrogen-bond donors (Lipinski definition) is 1. The van der Waals surface area contributed by atoms with Gasteiger partial charge in [-0.3, -0.25) is 14.5 Å². The van der Waals surface area contributed by atoms with Crippen molar-refractivity contribution in [2.24, 2.45) is 5.92 Å². The molecule has 0 saturated heterocycles. The SMILES string of the molecule is CCC1c2cc(F)c(Cl)nc2N(c2ccc(F)cc2F)C(=O)C1C(=O)O. The highest BCUT2D eigenvalue weighted by molar-refractivity contribution is 6.29. The minimum atomic E-state index is -1.57. The lowest BCUT2D eigenvalue weighted by Crippen LogP contribution is -2.45. The minimum Gasteiger partial charge on any atom is -0.481 e. The van der Waals surface area contributed by atoms with Crippen molar-refractivity contribution in [2.45, 2.75) is 19.3 Å². The molecule has 2 heterocycles. The van der Waals surface area contributed by atoms with E-state index in [0.717, 1.165) is 18.2 Å². The van der Waals surface area contributed by atoms with E-state index in [-0.39, 0.29) is 17.8 Å². The molecule has 3 rings (SSSR count). The van der Waals surface area contributed by atoms with E-state index in [1.54, 1.807) is 6.92 Å². The quantitative estimate of drug-likeness (QED) is 0.641. The number of amides is 1. The van der Waals surface area contributed by atoms with Crippen LogP contribution in [0.5, 0.6) is 0 Å². The van der Waals surface area contributed by atoms with Gasteiger partial charge in [-0.05, 0) is 24.6 Å². The second-order valence-corrected chi connectivity index (χ2v) is 6.13. The van der Waals surface area contributed by atoms with Crippen LogP contribution in [-0.4, -0.2) is 22.0 Å². The molecular weight excluding hydrogens is 373 g/mol. The van der Waals surface area contributed by atoms with Crippen LogP contribution in [0.15, 0.2) is 24.3 Å². The molecule has 5 nitrogen and oxygen atoms in total. The van der Waals surface area contributed by atoms with Crippen molar-refractivity contribution in [2.75, 3.05) is 4.90 Å². The van der Waals surface area contributed by atoms with Crippen LogP contribution in [0.25, 0.3) is 0 Å². The van der Waals surface area contributed by atoms with E-state index < -0.39 is 52.0 Å². The molecule has 1 amide bonds. The molecule has 0 radical (unpaired) electrons. The average molecular weight is 385 g/mol. The smallest absolute Gasteiger partial charge is 0.316 e. The summed E-state index contributed by atoms with van der Waals surface area (Å²) in [7, 11) is 0. The number of carbonyl (C=O) groups excluding carboxylic acids is 1. The van der Waals surface area contributed by atoms with Crippen molar-refractivity contribution in [1.82, 2.24) is 4.98 Å². The number of aromatic nitrogens is 1. The number of pyridine rings is 1. The Kier molecular flexibility index (Phi) is 4.62. The zero-order valence-corrected chi connectivity index (χ0v) is 14.1. The van der Waals surface area contributed by atoms with Gasteiger partial charge in [0.05, 0.1) is 5.69 Å². The second kappa shape index (κ2) is 6.60. The van der Waals surface area contributed by atoms with Crippen LogP contribution in [0.2, 0.25) is 5.15 Å². The Morgan fingerprint density at radius 2 is 1.96 bits per heavy atom. The second-order valence-electron chi connectivity index (χ2n) is 5.77. The lowest BCUT2D eigenvalue weighted by molar-refractivity contribution is -0.147. The van der Waals surface area contributed by atoms with E-state index in [9.17, 15) is 27.9 Å². The topological polar surface area (TPSA) is 70.5 Å². The standard InChI is InChI=1S/C17H12ClF3N2O3/c1-2-8-9-6-11(21)14(18)22-15(9)23(16(24)13(8)17(25)26)12-4-3-7(19)5-10(12)20/h3-6,8,13H,2H2,1H3,(H,25,26). The molecule has 1 aromatic carbocycles. The normalized spacial score (nSPS) is 19.4. The molecule has 0 fully saturated rings. The summed E-state index contributed by atoms with van der Waals surface area (Å²) in [5.74, 6) is -7.85. The number of aliphatic carboxylic acids is 1. The summed E-state index contributed by atoms with van der Waals surface area (Å²) in [5, 5.41) is 8.95. The fourth-order valence-electron chi connectivity index (χ4n) is 3.15. The van der Waals surface area contributed by atoms with Gasteiger partial charge in [0, 0.05) is 17.5 Å². The molecule has 26 heavy (non-hydrogen) atoms. The molecule has 136 valence electrons. The first kappa shape index (κ1) is 18.2. The zero-order chi connectivity index (χ0) is 19.2. The highest BCUT2D eigenvalue weighted by atomic mass is 35.5. The number of carboxylic acids is 1. The summed E-state index contributed by atoms with van der Waals surface area (Å²) in [6.07, 6.45) is 0.207. The first-order chi connectivity index (χ1) is 12.3. The van der Waals surface area contributed by atoms with Gasteiger partial charge < -0.3 is 5.11 Å². The molecule has 2 atom stereocenters. The molecular formula is C17H12ClF3N2O3. The lowest BCUT2D eigenvalue weighted by atomic mass is 9.80. The van der Waals surface area contributed by atoms with Crippen LogP contribution in [0, 0.1) is 23.4 Å². The first-order valence-corrected chi connectivity index (χ1v) is 8.01. The summed E-state index contributed by atoms with van der Waals surface area (Å²) in [5.41, 5.74) is -0.279. The van der Waals surface area contributed by atoms with Gasteiger partial charge in [0.2, 0.25) is 5.91 Å². The number of benzene rings is 1. The maximum absolute atomic E-state index is 14.3. The Hall–Kier alpha value is -2.61. The number of carbonyl (C=O) groups is 2. The Labute approximate surface area is 151 Å². The van der Waals surface area contributed by atoms with Gasteiger partial charge in [-0.2, -0.15) is 0 Å². The first-order valence-electron chi connectivity index (χ1n) is 7.64. The van der Waals surface area contributed by atoms with Gasteiger partial charge in [0.1, 0.15) is 23.4 Å². The fourth-order valence-corrected chi connectivity index (χ4v) is 3.28.